The van der Waals surface area contributed by atoms with Crippen molar-refractivity contribution < 1.29 is 17.9 Å². The number of benzene rings is 2. The van der Waals surface area contributed by atoms with Crippen LogP contribution in [0, 0.1) is 6.92 Å². The van der Waals surface area contributed by atoms with E-state index in [-0.39, 0.29) is 23.1 Å². The Morgan fingerprint density at radius 3 is 2.28 bits per heavy atom. The zero-order valence-corrected chi connectivity index (χ0v) is 29.7. The Balaban J connectivity index is 1.23. The smallest absolute Gasteiger partial charge is 0.410 e. The molecule has 0 saturated carbocycles. The van der Waals surface area contributed by atoms with E-state index >= 15 is 0 Å². The van der Waals surface area contributed by atoms with Crippen molar-refractivity contribution in [1.29, 1.82) is 0 Å². The van der Waals surface area contributed by atoms with Gasteiger partial charge < -0.3 is 9.64 Å². The number of hydrogen-bond donors (Lipinski definition) is 0. The Hall–Kier alpha value is -5.23. The van der Waals surface area contributed by atoms with Crippen molar-refractivity contribution in [2.24, 2.45) is 0 Å². The summed E-state index contributed by atoms with van der Waals surface area (Å²) in [6.45, 7) is 10.8. The van der Waals surface area contributed by atoms with Crippen LogP contribution in [0.1, 0.15) is 63.7 Å². The zero-order chi connectivity index (χ0) is 35.2. The highest BCUT2D eigenvalue weighted by Crippen LogP contribution is 2.36. The van der Waals surface area contributed by atoms with Crippen LogP contribution < -0.4 is 0 Å². The molecule has 11 nitrogen and oxygen atoms in total. The number of pyridine rings is 1. The number of rotatable bonds is 7. The molecular formula is C38H41N7O4S. The van der Waals surface area contributed by atoms with Gasteiger partial charge in [0.1, 0.15) is 5.60 Å². The molecule has 2 aromatic carbocycles. The van der Waals surface area contributed by atoms with Crippen LogP contribution in [0.25, 0.3) is 33.3 Å². The molecule has 0 N–H and O–H groups in total. The standard InChI is InChI=1S/C38H41N7O4S/c1-26-11-13-33(14-12-26)50(47,48)45-25-35(31-22-40-43(24-31)27(2)28-9-7-6-8-10-28)34-19-29(20-39-36(34)45)30-21-41-44(23-30)32-15-17-42(18-16-32)37(46)49-38(3,4)5/h6-14,19-25,27,32H,15-18H2,1-5H3. The first-order valence-corrected chi connectivity index (χ1v) is 18.3. The maximum atomic E-state index is 14.0. The molecule has 1 aliphatic rings. The fraction of sp³-hybridized carbons (Fsp3) is 0.316. The molecule has 6 aromatic rings. The van der Waals surface area contributed by atoms with Crippen LogP contribution >= 0.6 is 0 Å². The summed E-state index contributed by atoms with van der Waals surface area (Å²) in [5.41, 5.74) is 5.04. The lowest BCUT2D eigenvalue weighted by atomic mass is 10.0. The van der Waals surface area contributed by atoms with Gasteiger partial charge in [-0.25, -0.2) is 22.2 Å². The third-order valence-electron chi connectivity index (χ3n) is 9.21. The van der Waals surface area contributed by atoms with Gasteiger partial charge in [-0.2, -0.15) is 10.2 Å². The molecule has 1 saturated heterocycles. The van der Waals surface area contributed by atoms with Gasteiger partial charge in [-0.3, -0.25) is 9.36 Å². The van der Waals surface area contributed by atoms with E-state index in [9.17, 15) is 13.2 Å². The second-order valence-electron chi connectivity index (χ2n) is 14.0. The highest BCUT2D eigenvalue weighted by molar-refractivity contribution is 7.90. The molecule has 0 radical (unpaired) electrons. The average molecular weight is 692 g/mol. The van der Waals surface area contributed by atoms with E-state index in [0.717, 1.165) is 40.7 Å². The third kappa shape index (κ3) is 6.55. The van der Waals surface area contributed by atoms with Crippen LogP contribution in [0.3, 0.4) is 0 Å². The summed E-state index contributed by atoms with van der Waals surface area (Å²) < 4.78 is 38.7. The molecule has 258 valence electrons. The lowest BCUT2D eigenvalue weighted by molar-refractivity contribution is 0.0184. The molecule has 7 rings (SSSR count). The van der Waals surface area contributed by atoms with Crippen molar-refractivity contribution in [1.82, 2.24) is 33.4 Å². The first kappa shape index (κ1) is 33.3. The van der Waals surface area contributed by atoms with Crippen molar-refractivity contribution in [3.8, 4) is 22.3 Å². The lowest BCUT2D eigenvalue weighted by Gasteiger charge is -2.33. The molecule has 0 aliphatic carbocycles. The monoisotopic (exact) mass is 691 g/mol. The molecule has 5 heterocycles. The maximum absolute atomic E-state index is 14.0. The number of fused-ring (bicyclic) bond motifs is 1. The summed E-state index contributed by atoms with van der Waals surface area (Å²) in [6.07, 6.45) is 12.1. The van der Waals surface area contributed by atoms with Crippen LogP contribution in [0.4, 0.5) is 4.79 Å². The van der Waals surface area contributed by atoms with Gasteiger partial charge in [0.25, 0.3) is 10.0 Å². The quantitative estimate of drug-likeness (QED) is 0.170. The fourth-order valence-corrected chi connectivity index (χ4v) is 7.70. The maximum Gasteiger partial charge on any atom is 0.410 e. The lowest BCUT2D eigenvalue weighted by Crippen LogP contribution is -2.42. The van der Waals surface area contributed by atoms with E-state index in [4.69, 9.17) is 9.72 Å². The number of nitrogens with zero attached hydrogens (tertiary/aromatic N) is 7. The SMILES string of the molecule is Cc1ccc(S(=O)(=O)n2cc(-c3cnn(C(C)c4ccccc4)c3)c3cc(-c4cnn(C5CCN(C(=O)OC(C)(C)C)CC5)c4)cnc32)cc1. The number of piperidine rings is 1. The van der Waals surface area contributed by atoms with E-state index in [1.165, 1.54) is 3.97 Å². The van der Waals surface area contributed by atoms with Gasteiger partial charge in [0, 0.05) is 65.5 Å². The van der Waals surface area contributed by atoms with Gasteiger partial charge in [-0.1, -0.05) is 48.0 Å². The van der Waals surface area contributed by atoms with Crippen molar-refractivity contribution in [3.05, 3.63) is 109 Å². The largest absolute Gasteiger partial charge is 0.444 e. The number of ether oxygens (including phenoxy) is 1. The van der Waals surface area contributed by atoms with Gasteiger partial charge in [0.2, 0.25) is 0 Å². The zero-order valence-electron chi connectivity index (χ0n) is 28.9. The number of carbonyl (C=O) groups is 1. The number of amides is 1. The molecule has 0 spiro atoms. The topological polar surface area (TPSA) is 117 Å². The number of hydrogen-bond acceptors (Lipinski definition) is 7. The Labute approximate surface area is 292 Å². The molecule has 12 heteroatoms. The summed E-state index contributed by atoms with van der Waals surface area (Å²) >= 11 is 0. The van der Waals surface area contributed by atoms with Crippen LogP contribution in [0.2, 0.25) is 0 Å². The summed E-state index contributed by atoms with van der Waals surface area (Å²) in [5.74, 6) is 0. The number of aryl methyl sites for hydroxylation is 1. The Bertz CT molecular complexity index is 2260. The molecule has 1 aliphatic heterocycles. The summed E-state index contributed by atoms with van der Waals surface area (Å²) in [5, 5.41) is 10.0. The molecular weight excluding hydrogens is 651 g/mol. The van der Waals surface area contributed by atoms with Gasteiger partial charge in [0.15, 0.2) is 5.65 Å². The molecule has 50 heavy (non-hydrogen) atoms. The minimum atomic E-state index is -3.96. The Morgan fingerprint density at radius 2 is 1.58 bits per heavy atom. The predicted octanol–water partition coefficient (Wildman–Crippen LogP) is 7.49. The van der Waals surface area contributed by atoms with Crippen molar-refractivity contribution in [2.45, 2.75) is 70.0 Å². The summed E-state index contributed by atoms with van der Waals surface area (Å²) in [6, 6.07) is 19.0. The van der Waals surface area contributed by atoms with Crippen molar-refractivity contribution >= 4 is 27.1 Å². The molecule has 1 atom stereocenters. The number of aromatic nitrogens is 6. The van der Waals surface area contributed by atoms with Crippen molar-refractivity contribution in [3.63, 3.8) is 0 Å². The molecule has 4 aromatic heterocycles. The third-order valence-corrected chi connectivity index (χ3v) is 10.9. The van der Waals surface area contributed by atoms with Gasteiger partial charge in [-0.15, -0.1) is 0 Å². The van der Waals surface area contributed by atoms with Gasteiger partial charge >= 0.3 is 6.09 Å². The van der Waals surface area contributed by atoms with E-state index in [0.29, 0.717) is 29.7 Å². The highest BCUT2D eigenvalue weighted by atomic mass is 32.2. The molecule has 1 amide bonds. The first-order valence-electron chi connectivity index (χ1n) is 16.8. The van der Waals surface area contributed by atoms with Gasteiger partial charge in [-0.05, 0) is 71.2 Å². The predicted molar refractivity (Wildman–Crippen MR) is 192 cm³/mol. The minimum absolute atomic E-state index is 0.0230. The summed E-state index contributed by atoms with van der Waals surface area (Å²) in [4.78, 5) is 19.3. The van der Waals surface area contributed by atoms with Crippen LogP contribution in [0.15, 0.2) is 103 Å². The van der Waals surface area contributed by atoms with Crippen molar-refractivity contribution in [2.75, 3.05) is 13.1 Å². The van der Waals surface area contributed by atoms with Crippen LogP contribution in [0.5, 0.6) is 0 Å². The second kappa shape index (κ2) is 12.9. The molecule has 0 bridgehead atoms. The Kier molecular flexibility index (Phi) is 8.59. The number of carbonyl (C=O) groups excluding carboxylic acids is 1. The van der Waals surface area contributed by atoms with E-state index in [1.54, 1.807) is 47.8 Å². The summed E-state index contributed by atoms with van der Waals surface area (Å²) in [7, 11) is -3.96. The highest BCUT2D eigenvalue weighted by Gasteiger charge is 2.29. The Morgan fingerprint density at radius 1 is 0.880 bits per heavy atom. The second-order valence-corrected chi connectivity index (χ2v) is 15.8. The van der Waals surface area contributed by atoms with E-state index < -0.39 is 15.6 Å². The molecule has 1 unspecified atom stereocenters. The minimum Gasteiger partial charge on any atom is -0.444 e. The average Bonchev–Trinajstić information content (AvgIpc) is 3.87. The first-order chi connectivity index (χ1) is 23.9. The van der Waals surface area contributed by atoms with E-state index in [1.807, 2.05) is 79.9 Å². The van der Waals surface area contributed by atoms with Gasteiger partial charge in [0.05, 0.1) is 29.4 Å². The number of likely N-dealkylation sites (tertiary alicyclic amines) is 1. The normalized spacial score (nSPS) is 15.0. The van der Waals surface area contributed by atoms with Crippen LogP contribution in [-0.2, 0) is 14.8 Å². The molecule has 1 fully saturated rings. The van der Waals surface area contributed by atoms with Crippen LogP contribution in [-0.4, -0.2) is 66.6 Å². The van der Waals surface area contributed by atoms with E-state index in [2.05, 4.69) is 29.3 Å². The fourth-order valence-electron chi connectivity index (χ4n) is 6.37.